The summed E-state index contributed by atoms with van der Waals surface area (Å²) in [7, 11) is 0. The third kappa shape index (κ3) is 7.00. The molecule has 0 N–H and O–H groups in total. The van der Waals surface area contributed by atoms with Crippen molar-refractivity contribution < 1.29 is 29.6 Å². The van der Waals surface area contributed by atoms with Gasteiger partial charge in [0.25, 0.3) is 0 Å². The van der Waals surface area contributed by atoms with Gasteiger partial charge in [0.05, 0.1) is 0 Å². The first kappa shape index (κ1) is 11.8. The van der Waals surface area contributed by atoms with Crippen LogP contribution in [-0.4, -0.2) is 0 Å². The van der Waals surface area contributed by atoms with Crippen LogP contribution in [0.15, 0.2) is 0 Å². The Kier molecular flexibility index (Phi) is 11.8. The molecule has 0 heterocycles. The first-order valence-electron chi connectivity index (χ1n) is 3.14. The minimum absolute atomic E-state index is 0. The molecule has 0 saturated carbocycles. The van der Waals surface area contributed by atoms with Gasteiger partial charge >= 0.3 is 29.6 Å². The molecule has 0 aliphatic carbocycles. The molecule has 44 valence electrons. The zero-order chi connectivity index (χ0) is 5.70. The topological polar surface area (TPSA) is 0 Å². The molecule has 1 atom stereocenters. The minimum atomic E-state index is 0. The van der Waals surface area contributed by atoms with Crippen molar-refractivity contribution in [3.63, 3.8) is 0 Å². The van der Waals surface area contributed by atoms with Gasteiger partial charge in [0.2, 0.25) is 0 Å². The molecule has 0 aliphatic rings. The molecule has 0 aliphatic heterocycles. The van der Waals surface area contributed by atoms with Crippen molar-refractivity contribution in [3.05, 3.63) is 6.92 Å². The van der Waals surface area contributed by atoms with E-state index in [9.17, 15) is 0 Å². The van der Waals surface area contributed by atoms with Crippen molar-refractivity contribution in [2.24, 2.45) is 5.92 Å². The van der Waals surface area contributed by atoms with Gasteiger partial charge in [0, 0.05) is 0 Å². The van der Waals surface area contributed by atoms with Crippen molar-refractivity contribution in [2.45, 2.75) is 33.1 Å². The van der Waals surface area contributed by atoms with Crippen molar-refractivity contribution >= 4 is 0 Å². The van der Waals surface area contributed by atoms with E-state index in [-0.39, 0.29) is 29.6 Å². The molecule has 0 spiro atoms. The fraction of sp³-hybridized carbons (Fsp3) is 0.857. The zero-order valence-corrected chi connectivity index (χ0v) is 8.41. The number of rotatable bonds is 3. The van der Waals surface area contributed by atoms with E-state index in [2.05, 4.69) is 20.8 Å². The van der Waals surface area contributed by atoms with Gasteiger partial charge in [-0.25, -0.2) is 0 Å². The Bertz CT molecular complexity index is 35.4. The van der Waals surface area contributed by atoms with Gasteiger partial charge in [0.15, 0.2) is 0 Å². The molecule has 0 saturated heterocycles. The molecule has 0 radical (unpaired) electrons. The summed E-state index contributed by atoms with van der Waals surface area (Å²) >= 11 is 0. The summed E-state index contributed by atoms with van der Waals surface area (Å²) in [6.45, 7) is 8.34. The number of hydrogen-bond donors (Lipinski definition) is 0. The molecule has 1 heteroatoms. The normalized spacial score (nSPS) is 12.4. The quantitative estimate of drug-likeness (QED) is 0.354. The summed E-state index contributed by atoms with van der Waals surface area (Å²) in [5.41, 5.74) is 0. The molecule has 0 rings (SSSR count). The molecule has 0 aromatic carbocycles. The third-order valence-electron chi connectivity index (χ3n) is 1.27. The van der Waals surface area contributed by atoms with Gasteiger partial charge in [0.1, 0.15) is 0 Å². The Morgan fingerprint density at radius 2 is 1.88 bits per heavy atom. The molecule has 0 fully saturated rings. The van der Waals surface area contributed by atoms with Crippen LogP contribution in [0.4, 0.5) is 0 Å². The van der Waals surface area contributed by atoms with Crippen molar-refractivity contribution in [2.75, 3.05) is 0 Å². The third-order valence-corrected chi connectivity index (χ3v) is 1.27. The smallest absolute Gasteiger partial charge is 0.340 e. The first-order chi connectivity index (χ1) is 3.31. The summed E-state index contributed by atoms with van der Waals surface area (Å²) in [6, 6.07) is 0. The van der Waals surface area contributed by atoms with Crippen molar-refractivity contribution in [3.8, 4) is 0 Å². The van der Waals surface area contributed by atoms with E-state index in [1.54, 1.807) is 0 Å². The summed E-state index contributed by atoms with van der Waals surface area (Å²) < 4.78 is 0. The standard InChI is InChI=1S/C7H15.Na/c1-4-6-7(3)5-2;/h7H,3-6H2,1-2H3;/q-1;+1. The summed E-state index contributed by atoms with van der Waals surface area (Å²) in [4.78, 5) is 0. The van der Waals surface area contributed by atoms with Crippen molar-refractivity contribution in [1.29, 1.82) is 0 Å². The van der Waals surface area contributed by atoms with Crippen LogP contribution in [0.3, 0.4) is 0 Å². The second-order valence-corrected chi connectivity index (χ2v) is 2.06. The van der Waals surface area contributed by atoms with Gasteiger partial charge in [-0.3, -0.25) is 0 Å². The van der Waals surface area contributed by atoms with Gasteiger partial charge in [-0.1, -0.05) is 33.1 Å². The second kappa shape index (κ2) is 8.00. The fourth-order valence-corrected chi connectivity index (χ4v) is 0.612. The molecule has 0 bridgehead atoms. The second-order valence-electron chi connectivity index (χ2n) is 2.06. The van der Waals surface area contributed by atoms with E-state index in [4.69, 9.17) is 0 Å². The predicted molar refractivity (Wildman–Crippen MR) is 34.0 cm³/mol. The van der Waals surface area contributed by atoms with Crippen LogP contribution in [-0.2, 0) is 0 Å². The Labute approximate surface area is 75.3 Å². The van der Waals surface area contributed by atoms with Crippen LogP contribution in [0.2, 0.25) is 0 Å². The Morgan fingerprint density at radius 1 is 1.38 bits per heavy atom. The van der Waals surface area contributed by atoms with Crippen LogP contribution in [0.25, 0.3) is 0 Å². The molecular formula is C7H15Na. The minimum Gasteiger partial charge on any atom is -0.340 e. The average Bonchev–Trinajstić information content (AvgIpc) is 1.68. The maximum absolute atomic E-state index is 3.95. The van der Waals surface area contributed by atoms with E-state index in [0.29, 0.717) is 5.92 Å². The fourth-order valence-electron chi connectivity index (χ4n) is 0.612. The maximum atomic E-state index is 3.95. The van der Waals surface area contributed by atoms with E-state index in [1.165, 1.54) is 19.3 Å². The summed E-state index contributed by atoms with van der Waals surface area (Å²) in [6.07, 6.45) is 3.80. The maximum Gasteiger partial charge on any atom is 1.00 e. The Hall–Kier alpha value is 1.00. The van der Waals surface area contributed by atoms with Gasteiger partial charge in [-0.15, -0.1) is 0 Å². The molecule has 0 amide bonds. The number of hydrogen-bond acceptors (Lipinski definition) is 0. The Balaban J connectivity index is 0. The predicted octanol–water partition coefficient (Wildman–Crippen LogP) is -0.349. The van der Waals surface area contributed by atoms with Crippen LogP contribution in [0.5, 0.6) is 0 Å². The largest absolute Gasteiger partial charge is 1.00 e. The first-order valence-corrected chi connectivity index (χ1v) is 3.14. The van der Waals surface area contributed by atoms with E-state index in [1.807, 2.05) is 0 Å². The SMILES string of the molecule is [CH2-]C(CC)CCC.[Na+]. The molecule has 0 aromatic heterocycles. The van der Waals surface area contributed by atoms with Crippen LogP contribution >= 0.6 is 0 Å². The molecule has 0 aromatic rings. The van der Waals surface area contributed by atoms with E-state index < -0.39 is 0 Å². The monoisotopic (exact) mass is 122 g/mol. The van der Waals surface area contributed by atoms with Gasteiger partial charge in [-0.05, 0) is 0 Å². The van der Waals surface area contributed by atoms with Crippen molar-refractivity contribution in [1.82, 2.24) is 0 Å². The molecule has 0 nitrogen and oxygen atoms in total. The molecule has 1 unspecified atom stereocenters. The van der Waals surface area contributed by atoms with E-state index >= 15 is 0 Å². The summed E-state index contributed by atoms with van der Waals surface area (Å²) in [5, 5.41) is 0. The Morgan fingerprint density at radius 3 is 2.00 bits per heavy atom. The van der Waals surface area contributed by atoms with Gasteiger partial charge < -0.3 is 6.92 Å². The van der Waals surface area contributed by atoms with E-state index in [0.717, 1.165) is 0 Å². The van der Waals surface area contributed by atoms with Crippen LogP contribution in [0.1, 0.15) is 33.1 Å². The van der Waals surface area contributed by atoms with Crippen LogP contribution in [0, 0.1) is 12.8 Å². The molecule has 8 heavy (non-hydrogen) atoms. The molecular weight excluding hydrogens is 107 g/mol. The van der Waals surface area contributed by atoms with Gasteiger partial charge in [-0.2, -0.15) is 5.92 Å². The van der Waals surface area contributed by atoms with Crippen LogP contribution < -0.4 is 29.6 Å². The average molecular weight is 122 g/mol. The summed E-state index contributed by atoms with van der Waals surface area (Å²) in [5.74, 6) is 0.699. The zero-order valence-electron chi connectivity index (χ0n) is 6.41.